The van der Waals surface area contributed by atoms with Crippen molar-refractivity contribution in [2.45, 2.75) is 21.5 Å². The van der Waals surface area contributed by atoms with Crippen LogP contribution in [0.25, 0.3) is 0 Å². The number of hydrogen-bond acceptors (Lipinski definition) is 7. The highest BCUT2D eigenvalue weighted by molar-refractivity contribution is 8.03. The van der Waals surface area contributed by atoms with Gasteiger partial charge >= 0.3 is 0 Å². The van der Waals surface area contributed by atoms with Gasteiger partial charge in [-0.05, 0) is 32.4 Å². The van der Waals surface area contributed by atoms with Gasteiger partial charge in [0.15, 0.2) is 8.68 Å². The molecule has 1 unspecified atom stereocenters. The fourth-order valence-electron chi connectivity index (χ4n) is 2.05. The third-order valence-corrected chi connectivity index (χ3v) is 6.33. The highest BCUT2D eigenvalue weighted by atomic mass is 32.2. The van der Waals surface area contributed by atoms with Crippen LogP contribution in [-0.4, -0.2) is 52.6 Å². The monoisotopic (exact) mass is 318 g/mol. The zero-order chi connectivity index (χ0) is 13.7. The highest BCUT2D eigenvalue weighted by Gasteiger charge is 2.18. The molecule has 1 aliphatic heterocycles. The average molecular weight is 318 g/mol. The number of carbonyl (C=O) groups is 1. The summed E-state index contributed by atoms with van der Waals surface area (Å²) in [7, 11) is 2.18. The van der Waals surface area contributed by atoms with Gasteiger partial charge in [0.1, 0.15) is 0 Å². The van der Waals surface area contributed by atoms with Gasteiger partial charge in [-0.2, -0.15) is 0 Å². The smallest absolute Gasteiger partial charge is 0.227 e. The summed E-state index contributed by atoms with van der Waals surface area (Å²) in [5, 5.41) is 8.20. The van der Waals surface area contributed by atoms with Crippen molar-refractivity contribution in [3.63, 3.8) is 0 Å². The summed E-state index contributed by atoms with van der Waals surface area (Å²) in [6.07, 6.45) is 2.59. The number of rotatable bonds is 6. The molecule has 106 valence electrons. The number of thioether (sulfide) groups is 2. The fraction of sp³-hybridized carbons (Fsp3) is 0.727. The molecule has 2 N–H and O–H groups in total. The fourth-order valence-corrected chi connectivity index (χ4v) is 4.96. The molecule has 1 aromatic heterocycles. The molecule has 0 bridgehead atoms. The predicted molar refractivity (Wildman–Crippen MR) is 80.8 cm³/mol. The standard InChI is InChI=1S/C11H18N4OS3/c1-15-4-2-3-8(5-15)6-17-10-13-14-11(19-10)18-7-9(12)16/h8H,2-7H2,1H3,(H2,12,16). The Hall–Kier alpha value is -0.310. The predicted octanol–water partition coefficient (Wildman–Crippen LogP) is 1.55. The quantitative estimate of drug-likeness (QED) is 0.802. The number of primary amides is 1. The minimum Gasteiger partial charge on any atom is -0.369 e. The molecule has 0 aromatic carbocycles. The topological polar surface area (TPSA) is 72.1 Å². The minimum atomic E-state index is -0.320. The highest BCUT2D eigenvalue weighted by Crippen LogP contribution is 2.31. The maximum atomic E-state index is 10.7. The van der Waals surface area contributed by atoms with E-state index in [0.29, 0.717) is 0 Å². The second kappa shape index (κ2) is 7.47. The molecule has 1 fully saturated rings. The zero-order valence-corrected chi connectivity index (χ0v) is 13.3. The Kier molecular flexibility index (Phi) is 5.93. The summed E-state index contributed by atoms with van der Waals surface area (Å²) in [6.45, 7) is 2.39. The Morgan fingerprint density at radius 1 is 1.47 bits per heavy atom. The van der Waals surface area contributed by atoms with Crippen molar-refractivity contribution < 1.29 is 4.79 Å². The first-order valence-electron chi connectivity index (χ1n) is 6.19. The van der Waals surface area contributed by atoms with Crippen LogP contribution in [0, 0.1) is 5.92 Å². The van der Waals surface area contributed by atoms with E-state index >= 15 is 0 Å². The van der Waals surface area contributed by atoms with E-state index in [9.17, 15) is 4.79 Å². The summed E-state index contributed by atoms with van der Waals surface area (Å²) in [5.41, 5.74) is 5.10. The number of nitrogens with zero attached hydrogens (tertiary/aromatic N) is 3. The normalized spacial score (nSPS) is 20.6. The summed E-state index contributed by atoms with van der Waals surface area (Å²) < 4.78 is 1.81. The van der Waals surface area contributed by atoms with E-state index in [1.54, 1.807) is 23.1 Å². The number of piperidine rings is 1. The lowest BCUT2D eigenvalue weighted by Gasteiger charge is -2.29. The molecule has 2 heterocycles. The van der Waals surface area contributed by atoms with Crippen LogP contribution >= 0.6 is 34.9 Å². The van der Waals surface area contributed by atoms with E-state index in [-0.39, 0.29) is 11.7 Å². The van der Waals surface area contributed by atoms with Crippen LogP contribution in [-0.2, 0) is 4.79 Å². The number of aromatic nitrogens is 2. The van der Waals surface area contributed by atoms with Crippen LogP contribution < -0.4 is 5.73 Å². The maximum Gasteiger partial charge on any atom is 0.227 e. The van der Waals surface area contributed by atoms with Crippen LogP contribution in [0.2, 0.25) is 0 Å². The molecule has 1 aromatic rings. The van der Waals surface area contributed by atoms with E-state index < -0.39 is 0 Å². The van der Waals surface area contributed by atoms with Crippen LogP contribution in [0.1, 0.15) is 12.8 Å². The third-order valence-electron chi connectivity index (χ3n) is 2.89. The number of carbonyl (C=O) groups excluding carboxylic acids is 1. The molecule has 0 saturated carbocycles. The van der Waals surface area contributed by atoms with Gasteiger partial charge in [0.25, 0.3) is 0 Å². The average Bonchev–Trinajstić information content (AvgIpc) is 2.82. The second-order valence-electron chi connectivity index (χ2n) is 4.67. The van der Waals surface area contributed by atoms with Crippen molar-refractivity contribution in [2.24, 2.45) is 11.7 Å². The van der Waals surface area contributed by atoms with Gasteiger partial charge in [0, 0.05) is 12.3 Å². The number of amides is 1. The molecule has 0 aliphatic carbocycles. The van der Waals surface area contributed by atoms with E-state index in [0.717, 1.165) is 20.4 Å². The van der Waals surface area contributed by atoms with Crippen molar-refractivity contribution in [1.29, 1.82) is 0 Å². The molecule has 1 aliphatic rings. The Morgan fingerprint density at radius 3 is 2.89 bits per heavy atom. The first-order chi connectivity index (χ1) is 9.13. The number of likely N-dealkylation sites (tertiary alicyclic amines) is 1. The van der Waals surface area contributed by atoms with Crippen molar-refractivity contribution in [3.05, 3.63) is 0 Å². The second-order valence-corrected chi connectivity index (χ2v) is 8.14. The van der Waals surface area contributed by atoms with Crippen LogP contribution in [0.4, 0.5) is 0 Å². The Morgan fingerprint density at radius 2 is 2.21 bits per heavy atom. The molecule has 1 amide bonds. The molecule has 5 nitrogen and oxygen atoms in total. The molecular weight excluding hydrogens is 300 g/mol. The summed E-state index contributed by atoms with van der Waals surface area (Å²) in [5.74, 6) is 1.79. The Balaban J connectivity index is 1.75. The summed E-state index contributed by atoms with van der Waals surface area (Å²) in [4.78, 5) is 13.1. The maximum absolute atomic E-state index is 10.7. The summed E-state index contributed by atoms with van der Waals surface area (Å²) >= 11 is 4.68. The van der Waals surface area contributed by atoms with E-state index in [2.05, 4.69) is 22.1 Å². The van der Waals surface area contributed by atoms with Crippen molar-refractivity contribution in [2.75, 3.05) is 31.6 Å². The number of hydrogen-bond donors (Lipinski definition) is 1. The summed E-state index contributed by atoms with van der Waals surface area (Å²) in [6, 6.07) is 0. The Labute approximate surface area is 125 Å². The van der Waals surface area contributed by atoms with E-state index in [1.807, 2.05) is 0 Å². The third kappa shape index (κ3) is 5.29. The van der Waals surface area contributed by atoms with E-state index in [4.69, 9.17) is 5.73 Å². The van der Waals surface area contributed by atoms with Crippen molar-refractivity contribution >= 4 is 40.8 Å². The largest absolute Gasteiger partial charge is 0.369 e. The molecule has 1 saturated heterocycles. The molecule has 19 heavy (non-hydrogen) atoms. The lowest BCUT2D eigenvalue weighted by Crippen LogP contribution is -2.33. The van der Waals surface area contributed by atoms with Crippen LogP contribution in [0.15, 0.2) is 8.68 Å². The molecule has 0 radical (unpaired) electrons. The first kappa shape index (κ1) is 15.1. The molecular formula is C11H18N4OS3. The van der Waals surface area contributed by atoms with Gasteiger partial charge in [0.05, 0.1) is 5.75 Å². The zero-order valence-electron chi connectivity index (χ0n) is 10.9. The first-order valence-corrected chi connectivity index (χ1v) is 8.98. The SMILES string of the molecule is CN1CCCC(CSc2nnc(SCC(N)=O)s2)C1. The molecule has 1 atom stereocenters. The van der Waals surface area contributed by atoms with Gasteiger partial charge in [-0.15, -0.1) is 10.2 Å². The van der Waals surface area contributed by atoms with Gasteiger partial charge in [-0.1, -0.05) is 34.9 Å². The van der Waals surface area contributed by atoms with Crippen LogP contribution in [0.5, 0.6) is 0 Å². The van der Waals surface area contributed by atoms with E-state index in [1.165, 1.54) is 37.7 Å². The molecule has 2 rings (SSSR count). The molecule has 0 spiro atoms. The van der Waals surface area contributed by atoms with Crippen molar-refractivity contribution in [1.82, 2.24) is 15.1 Å². The van der Waals surface area contributed by atoms with Crippen LogP contribution in [0.3, 0.4) is 0 Å². The van der Waals surface area contributed by atoms with Gasteiger partial charge < -0.3 is 10.6 Å². The van der Waals surface area contributed by atoms with Gasteiger partial charge in [-0.3, -0.25) is 4.79 Å². The van der Waals surface area contributed by atoms with Gasteiger partial charge in [-0.25, -0.2) is 0 Å². The van der Waals surface area contributed by atoms with Crippen molar-refractivity contribution in [3.8, 4) is 0 Å². The lowest BCUT2D eigenvalue weighted by atomic mass is 10.0. The number of nitrogens with two attached hydrogens (primary N) is 1. The lowest BCUT2D eigenvalue weighted by molar-refractivity contribution is -0.115. The Bertz CT molecular complexity index is 426. The van der Waals surface area contributed by atoms with Gasteiger partial charge in [0.2, 0.25) is 5.91 Å². The molecule has 8 heteroatoms. The minimum absolute atomic E-state index is 0.271.